The molecule has 9 heteroatoms. The van der Waals surface area contributed by atoms with Crippen molar-refractivity contribution in [3.05, 3.63) is 58.1 Å². The lowest BCUT2D eigenvalue weighted by atomic mass is 10.2. The monoisotopic (exact) mass is 370 g/mol. The first kappa shape index (κ1) is 16.9. The van der Waals surface area contributed by atoms with E-state index < -0.39 is 4.92 Å². The maximum atomic E-state index is 12.0. The third kappa shape index (κ3) is 4.12. The molecule has 124 valence electrons. The second-order valence-corrected chi connectivity index (χ2v) is 7.17. The number of fused-ring (bicyclic) bond motifs is 1. The number of benzene rings is 2. The number of thioether (sulfide) groups is 1. The predicted octanol–water partition coefficient (Wildman–Crippen LogP) is 3.81. The first-order valence-corrected chi connectivity index (χ1v) is 8.83. The van der Waals surface area contributed by atoms with Gasteiger partial charge in [0.05, 0.1) is 32.5 Å². The van der Waals surface area contributed by atoms with Crippen LogP contribution in [0.2, 0.25) is 0 Å². The average Bonchev–Trinajstić information content (AvgIpc) is 3.02. The lowest BCUT2D eigenvalue weighted by Crippen LogP contribution is -2.13. The predicted molar refractivity (Wildman–Crippen MR) is 96.8 cm³/mol. The second kappa shape index (κ2) is 7.29. The molecule has 2 aromatic carbocycles. The van der Waals surface area contributed by atoms with E-state index in [4.69, 9.17) is 5.26 Å². The number of hydrogen-bond acceptors (Lipinski definition) is 7. The minimum Gasteiger partial charge on any atom is -0.325 e. The third-order valence-electron chi connectivity index (χ3n) is 3.19. The van der Waals surface area contributed by atoms with E-state index in [0.717, 1.165) is 0 Å². The largest absolute Gasteiger partial charge is 0.325 e. The van der Waals surface area contributed by atoms with Gasteiger partial charge in [0.2, 0.25) is 5.91 Å². The van der Waals surface area contributed by atoms with Gasteiger partial charge in [-0.2, -0.15) is 5.26 Å². The Bertz CT molecular complexity index is 993. The molecule has 1 heterocycles. The van der Waals surface area contributed by atoms with Gasteiger partial charge < -0.3 is 5.32 Å². The van der Waals surface area contributed by atoms with E-state index in [1.165, 1.54) is 35.2 Å². The molecule has 0 saturated heterocycles. The van der Waals surface area contributed by atoms with Crippen molar-refractivity contribution in [2.24, 2.45) is 0 Å². The Morgan fingerprint density at radius 1 is 1.32 bits per heavy atom. The number of nitro benzene ring substituents is 1. The van der Waals surface area contributed by atoms with Crippen molar-refractivity contribution < 1.29 is 9.72 Å². The number of hydrogen-bond donors (Lipinski definition) is 1. The fourth-order valence-corrected chi connectivity index (χ4v) is 3.92. The number of non-ortho nitro benzene ring substituents is 1. The van der Waals surface area contributed by atoms with Crippen LogP contribution in [-0.4, -0.2) is 21.6 Å². The van der Waals surface area contributed by atoms with E-state index in [2.05, 4.69) is 10.3 Å². The Morgan fingerprint density at radius 3 is 2.76 bits per heavy atom. The number of nitriles is 1. The van der Waals surface area contributed by atoms with Crippen LogP contribution in [0.25, 0.3) is 10.2 Å². The summed E-state index contributed by atoms with van der Waals surface area (Å²) in [6, 6.07) is 13.1. The lowest BCUT2D eigenvalue weighted by molar-refractivity contribution is -0.384. The highest BCUT2D eigenvalue weighted by Crippen LogP contribution is 2.31. The SMILES string of the molecule is N#Cc1ccc(NC(=O)CSc2nc3ccc([N+](=O)[O-])cc3s2)cc1. The Balaban J connectivity index is 1.62. The molecule has 0 atom stereocenters. The zero-order valence-corrected chi connectivity index (χ0v) is 14.3. The molecular formula is C16H10N4O3S2. The molecule has 1 amide bonds. The Morgan fingerprint density at radius 2 is 2.08 bits per heavy atom. The van der Waals surface area contributed by atoms with Crippen molar-refractivity contribution in [1.29, 1.82) is 5.26 Å². The number of nitrogens with zero attached hydrogens (tertiary/aromatic N) is 3. The van der Waals surface area contributed by atoms with Crippen molar-refractivity contribution in [3.63, 3.8) is 0 Å². The molecule has 25 heavy (non-hydrogen) atoms. The molecule has 1 aromatic heterocycles. The standard InChI is InChI=1S/C16H10N4O3S2/c17-8-10-1-3-11(4-2-10)18-15(21)9-24-16-19-13-6-5-12(20(22)23)7-14(13)25-16/h1-7H,9H2,(H,18,21). The molecule has 0 fully saturated rings. The van der Waals surface area contributed by atoms with Crippen LogP contribution in [0.15, 0.2) is 46.8 Å². The summed E-state index contributed by atoms with van der Waals surface area (Å²) in [7, 11) is 0. The number of thiazole rings is 1. The number of carbonyl (C=O) groups is 1. The van der Waals surface area contributed by atoms with Crippen molar-refractivity contribution in [2.45, 2.75) is 4.34 Å². The minimum atomic E-state index is -0.447. The van der Waals surface area contributed by atoms with E-state index in [1.54, 1.807) is 30.3 Å². The van der Waals surface area contributed by atoms with Gasteiger partial charge in [0.15, 0.2) is 4.34 Å². The van der Waals surface area contributed by atoms with Gasteiger partial charge in [-0.3, -0.25) is 14.9 Å². The minimum absolute atomic E-state index is 0.0197. The van der Waals surface area contributed by atoms with Gasteiger partial charge in [0, 0.05) is 17.8 Å². The summed E-state index contributed by atoms with van der Waals surface area (Å²) in [4.78, 5) is 26.7. The maximum absolute atomic E-state index is 12.0. The molecule has 3 rings (SSSR count). The molecule has 0 unspecified atom stereocenters. The highest BCUT2D eigenvalue weighted by atomic mass is 32.2. The Kier molecular flexibility index (Phi) is 4.92. The summed E-state index contributed by atoms with van der Waals surface area (Å²) < 4.78 is 1.38. The zero-order chi connectivity index (χ0) is 17.8. The van der Waals surface area contributed by atoms with Crippen LogP contribution in [0, 0.1) is 21.4 Å². The fraction of sp³-hybridized carbons (Fsp3) is 0.0625. The number of aromatic nitrogens is 1. The molecule has 0 aliphatic heterocycles. The number of rotatable bonds is 5. The summed E-state index contributed by atoms with van der Waals surface area (Å²) in [5.41, 5.74) is 1.83. The van der Waals surface area contributed by atoms with E-state index in [1.807, 2.05) is 6.07 Å². The van der Waals surface area contributed by atoms with Crippen molar-refractivity contribution in [2.75, 3.05) is 11.1 Å². The highest BCUT2D eigenvalue weighted by molar-refractivity contribution is 8.01. The van der Waals surface area contributed by atoms with Crippen LogP contribution < -0.4 is 5.32 Å². The lowest BCUT2D eigenvalue weighted by Gasteiger charge is -2.03. The molecule has 0 aliphatic carbocycles. The summed E-state index contributed by atoms with van der Waals surface area (Å²) in [6.45, 7) is 0. The number of nitrogens with one attached hydrogen (secondary N) is 1. The third-order valence-corrected chi connectivity index (χ3v) is 5.35. The smallest absolute Gasteiger partial charge is 0.270 e. The summed E-state index contributed by atoms with van der Waals surface area (Å²) in [6.07, 6.45) is 0. The van der Waals surface area contributed by atoms with Crippen molar-refractivity contribution in [1.82, 2.24) is 4.98 Å². The molecule has 0 bridgehead atoms. The fourth-order valence-electron chi connectivity index (χ4n) is 2.02. The van der Waals surface area contributed by atoms with Gasteiger partial charge in [-0.1, -0.05) is 11.8 Å². The maximum Gasteiger partial charge on any atom is 0.270 e. The number of anilines is 1. The molecule has 0 radical (unpaired) electrons. The van der Waals surface area contributed by atoms with Gasteiger partial charge in [0.25, 0.3) is 5.69 Å². The average molecular weight is 370 g/mol. The van der Waals surface area contributed by atoms with E-state index in [0.29, 0.717) is 25.8 Å². The first-order chi connectivity index (χ1) is 12.0. The van der Waals surface area contributed by atoms with Crippen LogP contribution >= 0.6 is 23.1 Å². The Hall–Kier alpha value is -2.96. The number of carbonyl (C=O) groups excluding carboxylic acids is 1. The molecule has 0 aliphatic rings. The van der Waals surface area contributed by atoms with Gasteiger partial charge in [-0.05, 0) is 30.3 Å². The summed E-state index contributed by atoms with van der Waals surface area (Å²) >= 11 is 2.58. The van der Waals surface area contributed by atoms with Gasteiger partial charge in [0.1, 0.15) is 0 Å². The topological polar surface area (TPSA) is 109 Å². The highest BCUT2D eigenvalue weighted by Gasteiger charge is 2.12. The van der Waals surface area contributed by atoms with E-state index >= 15 is 0 Å². The molecule has 0 spiro atoms. The van der Waals surface area contributed by atoms with Crippen LogP contribution in [-0.2, 0) is 4.79 Å². The van der Waals surface area contributed by atoms with E-state index in [-0.39, 0.29) is 17.3 Å². The van der Waals surface area contributed by atoms with Crippen molar-refractivity contribution in [3.8, 4) is 6.07 Å². The normalized spacial score (nSPS) is 10.4. The molecular weight excluding hydrogens is 360 g/mol. The molecule has 3 aromatic rings. The zero-order valence-electron chi connectivity index (χ0n) is 12.6. The number of amides is 1. The quantitative estimate of drug-likeness (QED) is 0.415. The molecule has 7 nitrogen and oxygen atoms in total. The van der Waals surface area contributed by atoms with Crippen LogP contribution in [0.1, 0.15) is 5.56 Å². The van der Waals surface area contributed by atoms with E-state index in [9.17, 15) is 14.9 Å². The van der Waals surface area contributed by atoms with Gasteiger partial charge >= 0.3 is 0 Å². The van der Waals surface area contributed by atoms with Crippen LogP contribution in [0.3, 0.4) is 0 Å². The van der Waals surface area contributed by atoms with Gasteiger partial charge in [-0.25, -0.2) is 4.98 Å². The van der Waals surface area contributed by atoms with Crippen LogP contribution in [0.4, 0.5) is 11.4 Å². The Labute approximate surface area is 150 Å². The van der Waals surface area contributed by atoms with Gasteiger partial charge in [-0.15, -0.1) is 11.3 Å². The molecule has 1 N–H and O–H groups in total. The summed E-state index contributed by atoms with van der Waals surface area (Å²) in [5.74, 6) is -0.0259. The summed E-state index contributed by atoms with van der Waals surface area (Å²) in [5, 5.41) is 22.3. The number of nitro groups is 1. The molecule has 0 saturated carbocycles. The first-order valence-electron chi connectivity index (χ1n) is 7.03. The van der Waals surface area contributed by atoms with Crippen LogP contribution in [0.5, 0.6) is 0 Å². The van der Waals surface area contributed by atoms with Crippen molar-refractivity contribution >= 4 is 50.6 Å². The second-order valence-electron chi connectivity index (χ2n) is 4.91.